The zero-order chi connectivity index (χ0) is 16.2. The van der Waals surface area contributed by atoms with Crippen LogP contribution in [0.15, 0.2) is 10.4 Å². The van der Waals surface area contributed by atoms with E-state index in [1.54, 1.807) is 0 Å². The summed E-state index contributed by atoms with van der Waals surface area (Å²) in [4.78, 5) is 12.4. The Morgan fingerprint density at radius 2 is 1.74 bits per heavy atom. The third-order valence-electron chi connectivity index (χ3n) is 5.58. The van der Waals surface area contributed by atoms with E-state index in [0.717, 1.165) is 57.1 Å². The molecular formula is C17H23N3O2S. The molecule has 1 aromatic rings. The Morgan fingerprint density at radius 3 is 2.26 bits per heavy atom. The summed E-state index contributed by atoms with van der Waals surface area (Å²) < 4.78 is 15.8. The SMILES string of the molecule is CC1(S(N)(=O)=NC(=O)Nc2c3c(cc4c2CCC4)CCC3)CC1. The van der Waals surface area contributed by atoms with Crippen molar-refractivity contribution in [3.05, 3.63) is 28.3 Å². The van der Waals surface area contributed by atoms with Crippen LogP contribution in [0.5, 0.6) is 0 Å². The van der Waals surface area contributed by atoms with Gasteiger partial charge in [0.05, 0.1) is 4.75 Å². The first-order valence-corrected chi connectivity index (χ1v) is 9.99. The van der Waals surface area contributed by atoms with E-state index in [4.69, 9.17) is 5.14 Å². The van der Waals surface area contributed by atoms with Gasteiger partial charge in [0.2, 0.25) is 0 Å². The van der Waals surface area contributed by atoms with Crippen LogP contribution in [0.4, 0.5) is 10.5 Å². The lowest BCUT2D eigenvalue weighted by Gasteiger charge is -2.16. The molecule has 0 saturated heterocycles. The minimum atomic E-state index is -2.97. The number of hydrogen-bond acceptors (Lipinski definition) is 2. The van der Waals surface area contributed by atoms with Gasteiger partial charge in [0.15, 0.2) is 0 Å². The van der Waals surface area contributed by atoms with Crippen molar-refractivity contribution in [2.24, 2.45) is 9.50 Å². The van der Waals surface area contributed by atoms with Gasteiger partial charge in [-0.15, -0.1) is 4.36 Å². The number of anilines is 1. The van der Waals surface area contributed by atoms with Crippen LogP contribution >= 0.6 is 0 Å². The van der Waals surface area contributed by atoms with Crippen molar-refractivity contribution in [2.45, 2.75) is 63.0 Å². The number of nitrogens with zero attached hydrogens (tertiary/aromatic N) is 1. The zero-order valence-corrected chi connectivity index (χ0v) is 14.3. The molecule has 3 aliphatic carbocycles. The number of amides is 2. The van der Waals surface area contributed by atoms with E-state index in [1.807, 2.05) is 6.92 Å². The molecule has 3 aliphatic rings. The average Bonchev–Trinajstić information content (AvgIpc) is 2.90. The maximum absolute atomic E-state index is 12.5. The number of carbonyl (C=O) groups is 1. The summed E-state index contributed by atoms with van der Waals surface area (Å²) in [5.74, 6) is 0. The Morgan fingerprint density at radius 1 is 1.17 bits per heavy atom. The second-order valence-corrected chi connectivity index (χ2v) is 9.58. The fourth-order valence-electron chi connectivity index (χ4n) is 3.80. The van der Waals surface area contributed by atoms with E-state index in [0.29, 0.717) is 0 Å². The van der Waals surface area contributed by atoms with Gasteiger partial charge in [-0.25, -0.2) is 14.1 Å². The molecule has 0 radical (unpaired) electrons. The second-order valence-electron chi connectivity index (χ2n) is 7.27. The van der Waals surface area contributed by atoms with Crippen molar-refractivity contribution >= 4 is 21.6 Å². The fourth-order valence-corrected chi connectivity index (χ4v) is 5.00. The van der Waals surface area contributed by atoms with Crippen molar-refractivity contribution in [2.75, 3.05) is 5.32 Å². The maximum Gasteiger partial charge on any atom is 0.354 e. The van der Waals surface area contributed by atoms with Crippen LogP contribution in [0.1, 0.15) is 54.9 Å². The van der Waals surface area contributed by atoms with Crippen molar-refractivity contribution in [3.8, 4) is 0 Å². The van der Waals surface area contributed by atoms with Gasteiger partial charge in [-0.1, -0.05) is 6.07 Å². The summed E-state index contributed by atoms with van der Waals surface area (Å²) >= 11 is 0. The minimum absolute atomic E-state index is 0.495. The average molecular weight is 333 g/mol. The van der Waals surface area contributed by atoms with Crippen molar-refractivity contribution < 1.29 is 9.00 Å². The topological polar surface area (TPSA) is 84.6 Å². The summed E-state index contributed by atoms with van der Waals surface area (Å²) in [6.07, 6.45) is 7.95. The largest absolute Gasteiger partial charge is 0.354 e. The molecule has 0 aromatic heterocycles. The van der Waals surface area contributed by atoms with Crippen LogP contribution in [-0.2, 0) is 35.6 Å². The molecule has 1 unspecified atom stereocenters. The first-order chi connectivity index (χ1) is 10.9. The Bertz CT molecular complexity index is 785. The molecule has 5 nitrogen and oxygen atoms in total. The predicted molar refractivity (Wildman–Crippen MR) is 91.9 cm³/mol. The molecule has 1 saturated carbocycles. The van der Waals surface area contributed by atoms with Crippen LogP contribution in [0, 0.1) is 0 Å². The van der Waals surface area contributed by atoms with E-state index in [2.05, 4.69) is 15.7 Å². The number of nitrogens with one attached hydrogen (secondary N) is 1. The number of fused-ring (bicyclic) bond motifs is 2. The number of rotatable bonds is 2. The van der Waals surface area contributed by atoms with Gasteiger partial charge < -0.3 is 5.32 Å². The highest BCUT2D eigenvalue weighted by Gasteiger charge is 2.47. The quantitative estimate of drug-likeness (QED) is 0.871. The highest BCUT2D eigenvalue weighted by molar-refractivity contribution is 7.93. The Balaban J connectivity index is 1.69. The molecule has 6 heteroatoms. The van der Waals surface area contributed by atoms with E-state index >= 15 is 0 Å². The van der Waals surface area contributed by atoms with Crippen molar-refractivity contribution in [1.82, 2.24) is 0 Å². The number of aryl methyl sites for hydroxylation is 2. The number of urea groups is 1. The molecule has 0 heterocycles. The molecule has 2 amide bonds. The molecule has 1 atom stereocenters. The summed E-state index contributed by atoms with van der Waals surface area (Å²) in [5.41, 5.74) is 6.12. The zero-order valence-electron chi connectivity index (χ0n) is 13.5. The van der Waals surface area contributed by atoms with Crippen molar-refractivity contribution in [3.63, 3.8) is 0 Å². The molecule has 0 aliphatic heterocycles. The van der Waals surface area contributed by atoms with Gasteiger partial charge in [0.1, 0.15) is 9.92 Å². The van der Waals surface area contributed by atoms with Gasteiger partial charge in [-0.05, 0) is 80.5 Å². The summed E-state index contributed by atoms with van der Waals surface area (Å²) in [6.45, 7) is 1.84. The monoisotopic (exact) mass is 333 g/mol. The van der Waals surface area contributed by atoms with Crippen LogP contribution in [-0.4, -0.2) is 15.0 Å². The third kappa shape index (κ3) is 2.48. The molecule has 3 N–H and O–H groups in total. The van der Waals surface area contributed by atoms with Gasteiger partial charge in [0.25, 0.3) is 0 Å². The Labute approximate surface area is 137 Å². The molecule has 124 valence electrons. The summed E-state index contributed by atoms with van der Waals surface area (Å²) in [6, 6.07) is 1.76. The molecule has 0 bridgehead atoms. The van der Waals surface area contributed by atoms with Crippen LogP contribution in [0.25, 0.3) is 0 Å². The molecule has 1 aromatic carbocycles. The molecule has 23 heavy (non-hydrogen) atoms. The van der Waals surface area contributed by atoms with Crippen LogP contribution in [0.3, 0.4) is 0 Å². The Hall–Kier alpha value is -1.40. The summed E-state index contributed by atoms with van der Waals surface area (Å²) in [7, 11) is -2.97. The van der Waals surface area contributed by atoms with E-state index in [9.17, 15) is 9.00 Å². The standard InChI is InChI=1S/C17H23N3O2S/c1-17(8-9-17)23(18,22)20-16(21)19-15-13-6-2-4-11(13)10-12-5-3-7-14(12)15/h10H,2-9H2,1H3,(H3,18,19,20,21,22). The third-order valence-corrected chi connectivity index (χ3v) is 7.84. The van der Waals surface area contributed by atoms with Gasteiger partial charge in [-0.3, -0.25) is 0 Å². The van der Waals surface area contributed by atoms with Crippen LogP contribution < -0.4 is 10.5 Å². The summed E-state index contributed by atoms with van der Waals surface area (Å²) in [5, 5.41) is 8.77. The number of nitrogens with two attached hydrogens (primary N) is 1. The second kappa shape index (κ2) is 5.05. The minimum Gasteiger partial charge on any atom is -0.305 e. The molecule has 1 fully saturated rings. The lowest BCUT2D eigenvalue weighted by Crippen LogP contribution is -2.29. The molecule has 0 spiro atoms. The van der Waals surface area contributed by atoms with E-state index < -0.39 is 20.7 Å². The number of benzene rings is 1. The lowest BCUT2D eigenvalue weighted by molar-refractivity contribution is 0.260. The van der Waals surface area contributed by atoms with E-state index in [-0.39, 0.29) is 0 Å². The van der Waals surface area contributed by atoms with Gasteiger partial charge in [-0.2, -0.15) is 0 Å². The predicted octanol–water partition coefficient (Wildman–Crippen LogP) is 3.09. The Kier molecular flexibility index (Phi) is 3.32. The lowest BCUT2D eigenvalue weighted by atomic mass is 9.99. The molecular weight excluding hydrogens is 310 g/mol. The maximum atomic E-state index is 12.5. The number of hydrogen-bond donors (Lipinski definition) is 2. The molecule has 4 rings (SSSR count). The van der Waals surface area contributed by atoms with E-state index in [1.165, 1.54) is 22.3 Å². The first kappa shape index (κ1) is 15.1. The fraction of sp³-hybridized carbons (Fsp3) is 0.588. The van der Waals surface area contributed by atoms with Crippen LogP contribution in [0.2, 0.25) is 0 Å². The normalized spacial score (nSPS) is 22.9. The highest BCUT2D eigenvalue weighted by Crippen LogP contribution is 2.42. The first-order valence-electron chi connectivity index (χ1n) is 8.42. The smallest absolute Gasteiger partial charge is 0.305 e. The van der Waals surface area contributed by atoms with Gasteiger partial charge in [0, 0.05) is 5.69 Å². The number of carbonyl (C=O) groups excluding carboxylic acids is 1. The van der Waals surface area contributed by atoms with Crippen molar-refractivity contribution in [1.29, 1.82) is 0 Å². The highest BCUT2D eigenvalue weighted by atomic mass is 32.2. The van der Waals surface area contributed by atoms with Gasteiger partial charge >= 0.3 is 6.03 Å².